The molecule has 0 unspecified atom stereocenters. The predicted octanol–water partition coefficient (Wildman–Crippen LogP) is 3.57. The van der Waals surface area contributed by atoms with Crippen LogP contribution in [0.5, 0.6) is 0 Å². The van der Waals surface area contributed by atoms with Gasteiger partial charge >= 0.3 is 0 Å². The number of benzene rings is 2. The highest BCUT2D eigenvalue weighted by Crippen LogP contribution is 2.25. The molecule has 134 valence electrons. The summed E-state index contributed by atoms with van der Waals surface area (Å²) in [6.45, 7) is 0. The van der Waals surface area contributed by atoms with Gasteiger partial charge in [-0.15, -0.1) is 11.3 Å². The minimum Gasteiger partial charge on any atom is -0.298 e. The van der Waals surface area contributed by atoms with Crippen LogP contribution in [0, 0.1) is 5.82 Å². The summed E-state index contributed by atoms with van der Waals surface area (Å²) >= 11 is 1.26. The first-order valence-electron chi connectivity index (χ1n) is 7.41. The molecule has 3 rings (SSSR count). The quantitative estimate of drug-likeness (QED) is 0.696. The van der Waals surface area contributed by atoms with E-state index in [0.717, 1.165) is 29.6 Å². The number of rotatable bonds is 5. The van der Waals surface area contributed by atoms with E-state index in [-0.39, 0.29) is 11.3 Å². The fourth-order valence-corrected chi connectivity index (χ4v) is 3.46. The summed E-state index contributed by atoms with van der Waals surface area (Å²) in [7, 11) is -3.66. The summed E-state index contributed by atoms with van der Waals surface area (Å²) in [4.78, 5) is 16.7. The van der Waals surface area contributed by atoms with Gasteiger partial charge in [0.2, 0.25) is 10.0 Å². The minimum atomic E-state index is -3.66. The topological polar surface area (TPSA) is 88.2 Å². The highest BCUT2D eigenvalue weighted by Gasteiger charge is 2.14. The van der Waals surface area contributed by atoms with Crippen LogP contribution >= 0.6 is 11.3 Å². The van der Waals surface area contributed by atoms with Gasteiger partial charge in [-0.1, -0.05) is 30.3 Å². The molecular weight excluding hydrogens is 377 g/mol. The number of halogens is 1. The number of carbonyl (C=O) groups excluding carboxylic acids is 1. The highest BCUT2D eigenvalue weighted by molar-refractivity contribution is 7.92. The molecule has 2 aromatic carbocycles. The van der Waals surface area contributed by atoms with Gasteiger partial charge in [-0.25, -0.2) is 17.8 Å². The molecule has 9 heteroatoms. The third-order valence-electron chi connectivity index (χ3n) is 3.32. The lowest BCUT2D eigenvalue weighted by Gasteiger charge is -2.08. The fourth-order valence-electron chi connectivity index (χ4n) is 2.19. The van der Waals surface area contributed by atoms with Crippen LogP contribution in [0.3, 0.4) is 0 Å². The molecule has 26 heavy (non-hydrogen) atoms. The predicted molar refractivity (Wildman–Crippen MR) is 100 cm³/mol. The Morgan fingerprint density at radius 1 is 1.15 bits per heavy atom. The monoisotopic (exact) mass is 391 g/mol. The molecule has 1 heterocycles. The fraction of sp³-hybridized carbons (Fsp3) is 0.0588. The molecule has 1 aromatic heterocycles. The van der Waals surface area contributed by atoms with Crippen molar-refractivity contribution in [2.24, 2.45) is 0 Å². The first-order valence-corrected chi connectivity index (χ1v) is 10.2. The third kappa shape index (κ3) is 4.44. The lowest BCUT2D eigenvalue weighted by molar-refractivity contribution is 0.102. The largest absolute Gasteiger partial charge is 0.298 e. The van der Waals surface area contributed by atoms with Crippen molar-refractivity contribution in [1.82, 2.24) is 4.98 Å². The standard InChI is InChI=1S/C17H14FN3O3S2/c1-26(23,24)21-14-9-12(7-8-13(14)18)16(22)20-17-19-15(10-25-17)11-5-3-2-4-6-11/h2-10,21H,1H3,(H,19,20,22). The van der Waals surface area contributed by atoms with E-state index in [1.807, 2.05) is 40.4 Å². The van der Waals surface area contributed by atoms with Crippen LogP contribution in [0.2, 0.25) is 0 Å². The molecule has 0 aliphatic carbocycles. The van der Waals surface area contributed by atoms with E-state index in [9.17, 15) is 17.6 Å². The number of nitrogens with zero attached hydrogens (tertiary/aromatic N) is 1. The maximum atomic E-state index is 13.7. The van der Waals surface area contributed by atoms with E-state index in [0.29, 0.717) is 5.13 Å². The van der Waals surface area contributed by atoms with Crippen LogP contribution in [-0.2, 0) is 10.0 Å². The molecule has 2 N–H and O–H groups in total. The zero-order valence-corrected chi connectivity index (χ0v) is 15.2. The van der Waals surface area contributed by atoms with Gasteiger partial charge in [0.15, 0.2) is 5.13 Å². The number of hydrogen-bond acceptors (Lipinski definition) is 5. The second-order valence-corrected chi connectivity index (χ2v) is 8.03. The summed E-state index contributed by atoms with van der Waals surface area (Å²) in [5.74, 6) is -1.29. The van der Waals surface area contributed by atoms with Gasteiger partial charge in [-0.05, 0) is 18.2 Å². The molecule has 0 aliphatic heterocycles. The van der Waals surface area contributed by atoms with E-state index in [1.165, 1.54) is 17.4 Å². The van der Waals surface area contributed by atoms with Crippen LogP contribution in [0.1, 0.15) is 10.4 Å². The van der Waals surface area contributed by atoms with Crippen molar-refractivity contribution in [3.63, 3.8) is 0 Å². The van der Waals surface area contributed by atoms with Crippen molar-refractivity contribution in [2.75, 3.05) is 16.3 Å². The Hall–Kier alpha value is -2.78. The van der Waals surface area contributed by atoms with Crippen molar-refractivity contribution >= 4 is 38.1 Å². The summed E-state index contributed by atoms with van der Waals surface area (Å²) < 4.78 is 38.3. The van der Waals surface area contributed by atoms with Gasteiger partial charge in [-0.2, -0.15) is 0 Å². The van der Waals surface area contributed by atoms with E-state index in [4.69, 9.17) is 0 Å². The lowest BCUT2D eigenvalue weighted by Crippen LogP contribution is -2.14. The smallest absolute Gasteiger partial charge is 0.257 e. The van der Waals surface area contributed by atoms with E-state index < -0.39 is 21.7 Å². The number of thiazole rings is 1. The van der Waals surface area contributed by atoms with E-state index >= 15 is 0 Å². The van der Waals surface area contributed by atoms with Crippen molar-refractivity contribution in [3.8, 4) is 11.3 Å². The van der Waals surface area contributed by atoms with Gasteiger partial charge in [0.1, 0.15) is 5.82 Å². The normalized spacial score (nSPS) is 11.2. The first-order chi connectivity index (χ1) is 12.3. The van der Waals surface area contributed by atoms with Gasteiger partial charge in [0, 0.05) is 16.5 Å². The van der Waals surface area contributed by atoms with Crippen LogP contribution in [0.4, 0.5) is 15.2 Å². The number of sulfonamides is 1. The average molecular weight is 391 g/mol. The van der Waals surface area contributed by atoms with Gasteiger partial charge in [-0.3, -0.25) is 14.8 Å². The summed E-state index contributed by atoms with van der Waals surface area (Å²) in [6.07, 6.45) is 0.903. The van der Waals surface area contributed by atoms with Crippen molar-refractivity contribution in [3.05, 3.63) is 65.3 Å². The van der Waals surface area contributed by atoms with Gasteiger partial charge in [0.05, 0.1) is 17.6 Å². The molecule has 6 nitrogen and oxygen atoms in total. The Bertz CT molecular complexity index is 1050. The summed E-state index contributed by atoms with van der Waals surface area (Å²) in [6, 6.07) is 12.9. The van der Waals surface area contributed by atoms with Crippen molar-refractivity contribution < 1.29 is 17.6 Å². The van der Waals surface area contributed by atoms with Crippen molar-refractivity contribution in [2.45, 2.75) is 0 Å². The second kappa shape index (κ2) is 7.22. The van der Waals surface area contributed by atoms with E-state index in [2.05, 4.69) is 10.3 Å². The number of aromatic nitrogens is 1. The van der Waals surface area contributed by atoms with Crippen LogP contribution in [-0.4, -0.2) is 25.6 Å². The van der Waals surface area contributed by atoms with Crippen molar-refractivity contribution in [1.29, 1.82) is 0 Å². The lowest BCUT2D eigenvalue weighted by atomic mass is 10.2. The van der Waals surface area contributed by atoms with E-state index in [1.54, 1.807) is 0 Å². The Morgan fingerprint density at radius 3 is 2.58 bits per heavy atom. The number of carbonyl (C=O) groups is 1. The Labute approximate surface area is 153 Å². The maximum absolute atomic E-state index is 13.7. The number of hydrogen-bond donors (Lipinski definition) is 2. The Balaban J connectivity index is 1.78. The molecule has 3 aromatic rings. The molecule has 0 fully saturated rings. The molecule has 1 amide bonds. The SMILES string of the molecule is CS(=O)(=O)Nc1cc(C(=O)Nc2nc(-c3ccccc3)cs2)ccc1F. The second-order valence-electron chi connectivity index (χ2n) is 5.43. The highest BCUT2D eigenvalue weighted by atomic mass is 32.2. The molecule has 0 saturated carbocycles. The van der Waals surface area contributed by atoms with Gasteiger partial charge in [0.25, 0.3) is 5.91 Å². The molecule has 0 saturated heterocycles. The molecular formula is C17H14FN3O3S2. The third-order valence-corrected chi connectivity index (χ3v) is 4.67. The zero-order chi connectivity index (χ0) is 18.7. The Morgan fingerprint density at radius 2 is 1.88 bits per heavy atom. The average Bonchev–Trinajstić information content (AvgIpc) is 3.05. The molecule has 0 bridgehead atoms. The minimum absolute atomic E-state index is 0.106. The molecule has 0 radical (unpaired) electrons. The number of nitrogens with one attached hydrogen (secondary N) is 2. The Kier molecular flexibility index (Phi) is 5.01. The molecule has 0 aliphatic rings. The van der Waals surface area contributed by atoms with Crippen LogP contribution in [0.25, 0.3) is 11.3 Å². The number of anilines is 2. The van der Waals surface area contributed by atoms with Crippen LogP contribution in [0.15, 0.2) is 53.9 Å². The summed E-state index contributed by atoms with van der Waals surface area (Å²) in [5, 5.41) is 4.82. The first kappa shape index (κ1) is 18.0. The maximum Gasteiger partial charge on any atom is 0.257 e. The zero-order valence-electron chi connectivity index (χ0n) is 13.6. The van der Waals surface area contributed by atoms with Gasteiger partial charge < -0.3 is 0 Å². The van der Waals surface area contributed by atoms with Crippen LogP contribution < -0.4 is 10.0 Å². The summed E-state index contributed by atoms with van der Waals surface area (Å²) in [5.41, 5.74) is 1.47. The molecule has 0 atom stereocenters. The number of amides is 1. The molecule has 0 spiro atoms.